The Morgan fingerprint density at radius 1 is 1.17 bits per heavy atom. The predicted octanol–water partition coefficient (Wildman–Crippen LogP) is 4.04. The van der Waals surface area contributed by atoms with Crippen molar-refractivity contribution in [3.05, 3.63) is 30.9 Å². The highest BCUT2D eigenvalue weighted by molar-refractivity contribution is 5.83. The van der Waals surface area contributed by atoms with Gasteiger partial charge in [0.05, 0.1) is 29.6 Å². The number of nitrogens with zero attached hydrogens (tertiary/aromatic N) is 6. The number of halogens is 3. The zero-order valence-corrected chi connectivity index (χ0v) is 20.4. The van der Waals surface area contributed by atoms with Crippen LogP contribution in [0.5, 0.6) is 5.88 Å². The molecule has 2 saturated heterocycles. The van der Waals surface area contributed by atoms with Gasteiger partial charge in [0.1, 0.15) is 6.54 Å². The van der Waals surface area contributed by atoms with E-state index in [9.17, 15) is 13.2 Å². The fraction of sp³-hybridized carbons (Fsp3) is 0.583. The zero-order chi connectivity index (χ0) is 25.5. The lowest BCUT2D eigenvalue weighted by molar-refractivity contribution is -0.142. The van der Waals surface area contributed by atoms with Crippen LogP contribution in [0.2, 0.25) is 0 Å². The summed E-state index contributed by atoms with van der Waals surface area (Å²) in [5.74, 6) is 0.554. The first-order chi connectivity index (χ1) is 17.0. The molecule has 0 aromatic carbocycles. The van der Waals surface area contributed by atoms with Gasteiger partial charge in [-0.15, -0.1) is 0 Å². The van der Waals surface area contributed by atoms with E-state index >= 15 is 0 Å². The number of epoxide rings is 1. The van der Waals surface area contributed by atoms with Gasteiger partial charge in [0.15, 0.2) is 18.0 Å². The highest BCUT2D eigenvalue weighted by Gasteiger charge is 2.48. The van der Waals surface area contributed by atoms with Crippen LogP contribution in [0.15, 0.2) is 30.9 Å². The standard InChI is InChI=1S/C24H29F3N6O3/c1-23(2,3)36-22-21(35-22)32-8-4-5-15(11-32)13-34-20-19-18(28-6-7-29-19)9-17(31-20)16-10-30-33(12-16)14-24(25,26)27/h6-7,9-10,12,15,21-22H,4-5,8,11,13-14H2,1-3H3. The largest absolute Gasteiger partial charge is 0.476 e. The van der Waals surface area contributed by atoms with Crippen molar-refractivity contribution >= 4 is 11.0 Å². The molecule has 3 unspecified atom stereocenters. The van der Waals surface area contributed by atoms with Crippen LogP contribution in [-0.2, 0) is 16.0 Å². The van der Waals surface area contributed by atoms with Crippen molar-refractivity contribution in [2.75, 3.05) is 19.7 Å². The summed E-state index contributed by atoms with van der Waals surface area (Å²) in [4.78, 5) is 15.6. The van der Waals surface area contributed by atoms with Crippen LogP contribution in [0.4, 0.5) is 13.2 Å². The second kappa shape index (κ2) is 9.56. The molecule has 0 radical (unpaired) electrons. The summed E-state index contributed by atoms with van der Waals surface area (Å²) < 4.78 is 56.9. The van der Waals surface area contributed by atoms with Gasteiger partial charge in [-0.1, -0.05) is 0 Å². The normalized spacial score (nSPS) is 23.2. The third-order valence-corrected chi connectivity index (χ3v) is 5.96. The van der Waals surface area contributed by atoms with Crippen molar-refractivity contribution < 1.29 is 27.4 Å². The maximum atomic E-state index is 12.7. The maximum Gasteiger partial charge on any atom is 0.408 e. The number of likely N-dealkylation sites (tertiary alicyclic amines) is 1. The lowest BCUT2D eigenvalue weighted by Gasteiger charge is -2.31. The summed E-state index contributed by atoms with van der Waals surface area (Å²) in [6.07, 6.45) is 3.18. The van der Waals surface area contributed by atoms with Crippen molar-refractivity contribution in [1.29, 1.82) is 0 Å². The topological polar surface area (TPSA) is 90.7 Å². The van der Waals surface area contributed by atoms with Gasteiger partial charge in [-0.25, -0.2) is 9.97 Å². The van der Waals surface area contributed by atoms with E-state index in [4.69, 9.17) is 14.2 Å². The summed E-state index contributed by atoms with van der Waals surface area (Å²) in [5, 5.41) is 3.82. The van der Waals surface area contributed by atoms with Crippen LogP contribution in [0, 0.1) is 5.92 Å². The van der Waals surface area contributed by atoms with E-state index in [0.717, 1.165) is 30.6 Å². The average molecular weight is 507 g/mol. The molecule has 2 fully saturated rings. The number of ether oxygens (including phenoxy) is 3. The van der Waals surface area contributed by atoms with E-state index in [1.807, 2.05) is 20.8 Å². The molecular weight excluding hydrogens is 477 g/mol. The summed E-state index contributed by atoms with van der Waals surface area (Å²) in [5.41, 5.74) is 1.64. The molecule has 3 atom stereocenters. The lowest BCUT2D eigenvalue weighted by atomic mass is 9.99. The minimum Gasteiger partial charge on any atom is -0.476 e. The molecular formula is C24H29F3N6O3. The van der Waals surface area contributed by atoms with Crippen molar-refractivity contribution in [2.45, 2.75) is 64.5 Å². The molecule has 3 aromatic rings. The Morgan fingerprint density at radius 3 is 2.75 bits per heavy atom. The number of hydrogen-bond donors (Lipinski definition) is 0. The van der Waals surface area contributed by atoms with Crippen molar-refractivity contribution in [2.24, 2.45) is 5.92 Å². The molecule has 2 aliphatic heterocycles. The van der Waals surface area contributed by atoms with Crippen LogP contribution in [0.3, 0.4) is 0 Å². The van der Waals surface area contributed by atoms with E-state index in [2.05, 4.69) is 25.0 Å². The molecule has 3 aromatic heterocycles. The lowest BCUT2D eigenvalue weighted by Crippen LogP contribution is -2.41. The first-order valence-corrected chi connectivity index (χ1v) is 12.0. The highest BCUT2D eigenvalue weighted by atomic mass is 19.4. The second-order valence-electron chi connectivity index (χ2n) is 10.2. The predicted molar refractivity (Wildman–Crippen MR) is 124 cm³/mol. The molecule has 0 spiro atoms. The summed E-state index contributed by atoms with van der Waals surface area (Å²) >= 11 is 0. The minimum atomic E-state index is -4.36. The average Bonchev–Trinajstić information content (AvgIpc) is 3.40. The van der Waals surface area contributed by atoms with Crippen molar-refractivity contribution in [1.82, 2.24) is 29.6 Å². The number of piperidine rings is 1. The van der Waals surface area contributed by atoms with Crippen LogP contribution >= 0.6 is 0 Å². The molecule has 5 rings (SSSR count). The molecule has 2 aliphatic rings. The van der Waals surface area contributed by atoms with Crippen LogP contribution < -0.4 is 4.74 Å². The molecule has 36 heavy (non-hydrogen) atoms. The van der Waals surface area contributed by atoms with E-state index in [1.54, 1.807) is 18.5 Å². The smallest absolute Gasteiger partial charge is 0.408 e. The van der Waals surface area contributed by atoms with Gasteiger partial charge >= 0.3 is 6.18 Å². The Balaban J connectivity index is 1.28. The fourth-order valence-electron chi connectivity index (χ4n) is 4.40. The molecule has 194 valence electrons. The zero-order valence-electron chi connectivity index (χ0n) is 20.4. The number of aromatic nitrogens is 5. The van der Waals surface area contributed by atoms with E-state index in [-0.39, 0.29) is 24.0 Å². The SMILES string of the molecule is CC(C)(C)OC1OC1N1CCCC(COc2nc(-c3cnn(CC(F)(F)F)c3)cc3nccnc23)C1. The molecule has 0 N–H and O–H groups in total. The Labute approximate surface area is 206 Å². The summed E-state index contributed by atoms with van der Waals surface area (Å²) in [6, 6.07) is 1.67. The van der Waals surface area contributed by atoms with Gasteiger partial charge in [0, 0.05) is 43.2 Å². The number of alkyl halides is 3. The molecule has 0 aliphatic carbocycles. The van der Waals surface area contributed by atoms with Gasteiger partial charge < -0.3 is 14.2 Å². The second-order valence-corrected chi connectivity index (χ2v) is 10.2. The first-order valence-electron chi connectivity index (χ1n) is 12.0. The van der Waals surface area contributed by atoms with Gasteiger partial charge in [-0.3, -0.25) is 14.6 Å². The Kier molecular flexibility index (Phi) is 6.60. The maximum absolute atomic E-state index is 12.7. The number of hydrogen-bond acceptors (Lipinski definition) is 8. The van der Waals surface area contributed by atoms with Gasteiger partial charge in [-0.05, 0) is 39.7 Å². The summed E-state index contributed by atoms with van der Waals surface area (Å²) in [7, 11) is 0. The third-order valence-electron chi connectivity index (χ3n) is 5.96. The fourth-order valence-corrected chi connectivity index (χ4v) is 4.40. The van der Waals surface area contributed by atoms with Crippen LogP contribution in [0.25, 0.3) is 22.3 Å². The Morgan fingerprint density at radius 2 is 1.97 bits per heavy atom. The van der Waals surface area contributed by atoms with Crippen molar-refractivity contribution in [3.63, 3.8) is 0 Å². The van der Waals surface area contributed by atoms with Crippen molar-refractivity contribution in [3.8, 4) is 17.1 Å². The van der Waals surface area contributed by atoms with Crippen LogP contribution in [-0.4, -0.2) is 73.6 Å². The summed E-state index contributed by atoms with van der Waals surface area (Å²) in [6.45, 7) is 7.02. The number of pyridine rings is 1. The van der Waals surface area contributed by atoms with E-state index in [1.165, 1.54) is 12.4 Å². The van der Waals surface area contributed by atoms with E-state index < -0.39 is 12.7 Å². The van der Waals surface area contributed by atoms with Gasteiger partial charge in [-0.2, -0.15) is 18.3 Å². The monoisotopic (exact) mass is 506 g/mol. The first kappa shape index (κ1) is 24.8. The minimum absolute atomic E-state index is 0.0339. The Hall–Kier alpha value is -2.83. The molecule has 5 heterocycles. The van der Waals surface area contributed by atoms with Gasteiger partial charge in [0.2, 0.25) is 5.88 Å². The van der Waals surface area contributed by atoms with E-state index in [0.29, 0.717) is 34.8 Å². The molecule has 0 saturated carbocycles. The molecule has 0 bridgehead atoms. The Bertz CT molecular complexity index is 1210. The highest BCUT2D eigenvalue weighted by Crippen LogP contribution is 2.34. The number of fused-ring (bicyclic) bond motifs is 1. The molecule has 12 heteroatoms. The molecule has 9 nitrogen and oxygen atoms in total. The van der Waals surface area contributed by atoms with Crippen LogP contribution in [0.1, 0.15) is 33.6 Å². The number of rotatable bonds is 7. The molecule has 0 amide bonds. The quantitative estimate of drug-likeness (QED) is 0.444. The van der Waals surface area contributed by atoms with Gasteiger partial charge in [0.25, 0.3) is 0 Å². The third kappa shape index (κ3) is 6.11.